The molecule has 0 N–H and O–H groups in total. The number of imidazole rings is 1. The summed E-state index contributed by atoms with van der Waals surface area (Å²) >= 11 is 0. The molecule has 0 unspecified atom stereocenters. The van der Waals surface area contributed by atoms with Crippen LogP contribution in [0.15, 0.2) is 206 Å². The maximum absolute atomic E-state index is 9.51. The SMILES string of the molecule is [2H]c1c([2H])c([2H])c(-c2cccc(-c3cc(C(C)(C)C)cc(C(C)(C)C)c3)c2-[n+]2[c-]n(-c3[c-]c(Oc4[c-]c5c(c(-n6c7c([2H])c([2H])c([2H])c([2H])c7c7c([2H])c([2H])c([2H])c([2H])c76)c4)c4ccccc4n5-c4cc(C(C)C)ccn4)ccc3)c3ccccc32)c([2H])c1[2H].[Pt]. The van der Waals surface area contributed by atoms with Gasteiger partial charge in [-0.1, -0.05) is 212 Å². The van der Waals surface area contributed by atoms with E-state index in [9.17, 15) is 8.22 Å². The van der Waals surface area contributed by atoms with Gasteiger partial charge in [0.2, 0.25) is 0 Å². The molecule has 0 bridgehead atoms. The second kappa shape index (κ2) is 19.6. The fraction of sp³-hybridized carbons (Fsp3) is 0.155. The Labute approximate surface area is 489 Å². The van der Waals surface area contributed by atoms with Crippen LogP contribution < -0.4 is 9.30 Å². The first kappa shape index (κ1) is 37.5. The average molecular weight is 1210 g/mol. The maximum atomic E-state index is 9.51. The Kier molecular flexibility index (Phi) is 9.42. The first-order valence-corrected chi connectivity index (χ1v) is 25.7. The zero-order valence-corrected chi connectivity index (χ0v) is 46.4. The van der Waals surface area contributed by atoms with E-state index in [4.69, 9.17) is 19.3 Å². The molecule has 386 valence electrons. The van der Waals surface area contributed by atoms with Gasteiger partial charge in [0.1, 0.15) is 5.82 Å². The number of ether oxygens (including phenoxy) is 1. The normalized spacial score (nSPS) is 14.4. The van der Waals surface area contributed by atoms with E-state index in [2.05, 4.69) is 92.0 Å². The van der Waals surface area contributed by atoms with Gasteiger partial charge < -0.3 is 18.4 Å². The van der Waals surface area contributed by atoms with Gasteiger partial charge in [-0.15, -0.1) is 24.3 Å². The zero-order chi connectivity index (χ0) is 64.1. The molecule has 78 heavy (non-hydrogen) atoms. The third kappa shape index (κ3) is 8.73. The third-order valence-corrected chi connectivity index (χ3v) is 14.4. The van der Waals surface area contributed by atoms with Crippen LogP contribution in [0.5, 0.6) is 11.5 Å². The zero-order valence-electron chi connectivity index (χ0n) is 57.2. The van der Waals surface area contributed by atoms with Crippen molar-refractivity contribution in [1.82, 2.24) is 18.7 Å². The van der Waals surface area contributed by atoms with Crippen molar-refractivity contribution >= 4 is 54.6 Å². The van der Waals surface area contributed by atoms with Gasteiger partial charge in [-0.05, 0) is 103 Å². The van der Waals surface area contributed by atoms with Crippen LogP contribution in [0.25, 0.3) is 99.8 Å². The first-order chi connectivity index (χ1) is 42.7. The number of nitrogens with zero attached hydrogens (tertiary/aromatic N) is 5. The Morgan fingerprint density at radius 3 is 1.88 bits per heavy atom. The summed E-state index contributed by atoms with van der Waals surface area (Å²) in [6.07, 6.45) is 5.36. The molecule has 0 spiro atoms. The molecule has 13 aromatic rings. The smallest absolute Gasteiger partial charge is 0.268 e. The van der Waals surface area contributed by atoms with Crippen LogP contribution in [0, 0.1) is 18.5 Å². The van der Waals surface area contributed by atoms with Crippen LogP contribution in [0.4, 0.5) is 0 Å². The number of benzene rings is 9. The van der Waals surface area contributed by atoms with Crippen molar-refractivity contribution in [3.05, 3.63) is 241 Å². The molecule has 13 rings (SSSR count). The minimum Gasteiger partial charge on any atom is -0.510 e. The van der Waals surface area contributed by atoms with Crippen LogP contribution in [-0.2, 0) is 31.9 Å². The maximum Gasteiger partial charge on any atom is 0.268 e. The number of pyridine rings is 1. The van der Waals surface area contributed by atoms with Gasteiger partial charge in [0, 0.05) is 55.1 Å². The van der Waals surface area contributed by atoms with E-state index in [0.29, 0.717) is 55.6 Å². The van der Waals surface area contributed by atoms with E-state index >= 15 is 0 Å². The molecule has 4 aromatic heterocycles. The monoisotopic (exact) mass is 1210 g/mol. The van der Waals surface area contributed by atoms with Crippen molar-refractivity contribution in [1.29, 1.82) is 0 Å². The second-order valence-electron chi connectivity index (χ2n) is 21.7. The van der Waals surface area contributed by atoms with Gasteiger partial charge in [-0.3, -0.25) is 4.57 Å². The molecule has 4 heterocycles. The second-order valence-corrected chi connectivity index (χ2v) is 21.7. The van der Waals surface area contributed by atoms with E-state index in [1.54, 1.807) is 30.5 Å². The summed E-state index contributed by atoms with van der Waals surface area (Å²) in [5.74, 6) is 0.977. The van der Waals surface area contributed by atoms with E-state index in [0.717, 1.165) is 27.8 Å². The largest absolute Gasteiger partial charge is 0.510 e. The Morgan fingerprint density at radius 2 is 1.19 bits per heavy atom. The van der Waals surface area contributed by atoms with Gasteiger partial charge in [-0.2, -0.15) is 12.1 Å². The van der Waals surface area contributed by atoms with Crippen molar-refractivity contribution in [3.63, 3.8) is 0 Å². The minimum atomic E-state index is -0.560. The quantitative estimate of drug-likeness (QED) is 0.107. The van der Waals surface area contributed by atoms with Gasteiger partial charge >= 0.3 is 0 Å². The van der Waals surface area contributed by atoms with Crippen molar-refractivity contribution < 1.29 is 48.2 Å². The topological polar surface area (TPSA) is 40.8 Å². The Balaban J connectivity index is 0.00000800. The van der Waals surface area contributed by atoms with Crippen LogP contribution in [-0.4, -0.2) is 18.7 Å². The summed E-state index contributed by atoms with van der Waals surface area (Å²) in [4.78, 5) is 4.89. The molecule has 0 radical (unpaired) electrons. The molecule has 6 nitrogen and oxygen atoms in total. The Morgan fingerprint density at radius 1 is 0.564 bits per heavy atom. The summed E-state index contributed by atoms with van der Waals surface area (Å²) in [6.45, 7) is 17.1. The molecule has 0 atom stereocenters. The molecule has 7 heteroatoms. The van der Waals surface area contributed by atoms with E-state index in [-0.39, 0.29) is 94.5 Å². The minimum absolute atomic E-state index is 0. The molecule has 0 aliphatic rings. The number of hydrogen-bond donors (Lipinski definition) is 0. The Bertz CT molecular complexity index is 5090. The van der Waals surface area contributed by atoms with E-state index in [1.165, 1.54) is 4.57 Å². The van der Waals surface area contributed by atoms with Gasteiger partial charge in [-0.25, -0.2) is 4.98 Å². The predicted octanol–water partition coefficient (Wildman–Crippen LogP) is 17.7. The van der Waals surface area contributed by atoms with Crippen molar-refractivity contribution in [3.8, 4) is 56.6 Å². The fourth-order valence-corrected chi connectivity index (χ4v) is 10.4. The summed E-state index contributed by atoms with van der Waals surface area (Å²) in [5, 5.41) is 1.05. The van der Waals surface area contributed by atoms with Gasteiger partial charge in [0.15, 0.2) is 0 Å². The predicted molar refractivity (Wildman–Crippen MR) is 317 cm³/mol. The summed E-state index contributed by atoms with van der Waals surface area (Å²) in [6, 6.07) is 39.2. The summed E-state index contributed by atoms with van der Waals surface area (Å²) in [5.41, 5.74) is 8.22. The van der Waals surface area contributed by atoms with E-state index < -0.39 is 66.5 Å². The van der Waals surface area contributed by atoms with Crippen molar-refractivity contribution in [2.75, 3.05) is 0 Å². The summed E-state index contributed by atoms with van der Waals surface area (Å²) < 4.78 is 132. The number of para-hydroxylation sites is 6. The van der Waals surface area contributed by atoms with Gasteiger partial charge in [0.05, 0.1) is 45.6 Å². The van der Waals surface area contributed by atoms with Crippen LogP contribution >= 0.6 is 0 Å². The van der Waals surface area contributed by atoms with E-state index in [1.807, 2.05) is 92.6 Å². The molecule has 0 saturated carbocycles. The van der Waals surface area contributed by atoms with Crippen LogP contribution in [0.3, 0.4) is 0 Å². The molecular weight excluding hydrogens is 1130 g/mol. The summed E-state index contributed by atoms with van der Waals surface area (Å²) in [7, 11) is 0. The molecule has 9 aromatic carbocycles. The first-order valence-electron chi connectivity index (χ1n) is 32.2. The molecule has 0 aliphatic carbocycles. The molecule has 0 saturated heterocycles. The number of hydrogen-bond acceptors (Lipinski definition) is 2. The molecule has 0 amide bonds. The number of fused-ring (bicyclic) bond motifs is 7. The van der Waals surface area contributed by atoms with Gasteiger partial charge in [0.25, 0.3) is 6.33 Å². The average Bonchev–Trinajstić information content (AvgIpc) is 1.54. The van der Waals surface area contributed by atoms with Crippen molar-refractivity contribution in [2.45, 2.75) is 72.1 Å². The third-order valence-electron chi connectivity index (χ3n) is 14.4. The molecular formula is C71H59N5OPt-2. The molecule has 0 fully saturated rings. The standard InChI is InChI=1S/C71H59N5O.Pt/c1-46(2)48-36-37-72-67(40-48)76-62-33-17-14-28-59(62)68-65(75-60-31-15-12-26-57(60)58-27-13-16-32-61(58)75)43-54(44-66(68)76)77-53-25-20-24-52(42-53)73-45-74(64-35-19-18-34-63(64)73)69-55(47-22-10-9-11-23-47)29-21-30-56(69)49-38-50(70(3,4)5)41-51(39-49)71(6,7)8;/h9-41,43,46H,1-8H3;/q-2;/i9D,10D,11D,12D,13D,15D,16D,22D,23D,26D,27D,31D,32D;. The number of rotatable bonds is 9. The number of aromatic nitrogens is 5. The Hall–Kier alpha value is -8.31. The van der Waals surface area contributed by atoms with Crippen molar-refractivity contribution in [2.24, 2.45) is 0 Å². The van der Waals surface area contributed by atoms with Crippen LogP contribution in [0.2, 0.25) is 0 Å². The van der Waals surface area contributed by atoms with Crippen LogP contribution in [0.1, 0.15) is 95.8 Å². The molecule has 0 aliphatic heterocycles. The fourth-order valence-electron chi connectivity index (χ4n) is 10.4.